The highest BCUT2D eigenvalue weighted by Gasteiger charge is 2.33. The third-order valence-electron chi connectivity index (χ3n) is 5.44. The summed E-state index contributed by atoms with van der Waals surface area (Å²) in [6, 6.07) is 0. The van der Waals surface area contributed by atoms with Crippen LogP contribution in [0, 0.1) is 12.8 Å². The summed E-state index contributed by atoms with van der Waals surface area (Å²) in [7, 11) is 1.55. The van der Waals surface area contributed by atoms with Gasteiger partial charge in [-0.25, -0.2) is 9.18 Å². The highest BCUT2D eigenvalue weighted by Crippen LogP contribution is 2.42. The Kier molecular flexibility index (Phi) is 5.88. The molecule has 2 aliphatic rings. The minimum Gasteiger partial charge on any atom is -0.457 e. The van der Waals surface area contributed by atoms with Crippen LogP contribution in [-0.4, -0.2) is 18.1 Å². The van der Waals surface area contributed by atoms with Gasteiger partial charge in [0, 0.05) is 24.1 Å². The molecule has 0 saturated heterocycles. The second-order valence-electron chi connectivity index (χ2n) is 6.95. The molecule has 8 heteroatoms. The molecule has 0 amide bonds. The van der Waals surface area contributed by atoms with Crippen molar-refractivity contribution in [2.24, 2.45) is 5.92 Å². The Morgan fingerprint density at radius 2 is 2.07 bits per heavy atom. The van der Waals surface area contributed by atoms with E-state index in [9.17, 15) is 22.8 Å². The minimum absolute atomic E-state index is 0.0734. The number of halogens is 3. The first-order valence-electron chi connectivity index (χ1n) is 8.91. The molecular formula is C20H20F3NO3S. The van der Waals surface area contributed by atoms with Crippen molar-refractivity contribution in [2.75, 3.05) is 12.4 Å². The van der Waals surface area contributed by atoms with Gasteiger partial charge in [-0.2, -0.15) is 8.78 Å². The number of esters is 1. The van der Waals surface area contributed by atoms with E-state index in [2.05, 4.69) is 17.9 Å². The summed E-state index contributed by atoms with van der Waals surface area (Å²) < 4.78 is 45.8. The average Bonchev–Trinajstić information content (AvgIpc) is 3.27. The van der Waals surface area contributed by atoms with Gasteiger partial charge in [0.25, 0.3) is 0 Å². The molecule has 1 heterocycles. The van der Waals surface area contributed by atoms with Crippen LogP contribution < -0.4 is 5.32 Å². The fourth-order valence-corrected chi connectivity index (χ4v) is 4.22. The molecule has 0 spiro atoms. The second-order valence-corrected chi connectivity index (χ2v) is 7.39. The number of cyclic esters (lactones) is 1. The maximum Gasteiger partial charge on any atom is 0.341 e. The molecular weight excluding hydrogens is 391 g/mol. The van der Waals surface area contributed by atoms with Crippen molar-refractivity contribution >= 4 is 35.2 Å². The Balaban J connectivity index is 2.12. The van der Waals surface area contributed by atoms with E-state index in [-0.39, 0.29) is 46.3 Å². The number of carbonyl (C=O) groups is 2. The Bertz CT molecular complexity index is 920. The van der Waals surface area contributed by atoms with Gasteiger partial charge in [0.2, 0.25) is 0 Å². The highest BCUT2D eigenvalue weighted by atomic mass is 32.1. The van der Waals surface area contributed by atoms with Crippen LogP contribution in [0.5, 0.6) is 0 Å². The molecule has 1 atom stereocenters. The van der Waals surface area contributed by atoms with Crippen molar-refractivity contribution in [1.82, 2.24) is 0 Å². The average molecular weight is 411 g/mol. The molecule has 1 fully saturated rings. The van der Waals surface area contributed by atoms with Crippen LogP contribution in [0.3, 0.4) is 0 Å². The number of nitrogens with one attached hydrogen (secondary N) is 1. The lowest BCUT2D eigenvalue weighted by molar-refractivity contribution is -0.113. The molecule has 0 bridgehead atoms. The maximum atomic E-state index is 14.4. The first-order chi connectivity index (χ1) is 13.3. The van der Waals surface area contributed by atoms with E-state index in [1.807, 2.05) is 6.08 Å². The molecule has 1 N–H and O–H groups in total. The van der Waals surface area contributed by atoms with E-state index in [0.29, 0.717) is 30.5 Å². The first-order valence-corrected chi connectivity index (χ1v) is 9.36. The topological polar surface area (TPSA) is 55.4 Å². The van der Waals surface area contributed by atoms with Crippen molar-refractivity contribution in [3.63, 3.8) is 0 Å². The summed E-state index contributed by atoms with van der Waals surface area (Å²) >= 11 is 3.87. The van der Waals surface area contributed by atoms with Crippen molar-refractivity contribution in [2.45, 2.75) is 39.2 Å². The molecule has 150 valence electrons. The van der Waals surface area contributed by atoms with Crippen LogP contribution >= 0.6 is 12.6 Å². The lowest BCUT2D eigenvalue weighted by Gasteiger charge is -2.19. The van der Waals surface area contributed by atoms with Gasteiger partial charge in [0.15, 0.2) is 10.9 Å². The Morgan fingerprint density at radius 1 is 1.36 bits per heavy atom. The molecule has 1 aliphatic carbocycles. The summed E-state index contributed by atoms with van der Waals surface area (Å²) in [4.78, 5) is 23.6. The van der Waals surface area contributed by atoms with Crippen LogP contribution in [0.15, 0.2) is 17.7 Å². The van der Waals surface area contributed by atoms with Gasteiger partial charge in [-0.05, 0) is 43.7 Å². The fraction of sp³-hybridized carbons (Fsp3) is 0.400. The maximum absolute atomic E-state index is 14.4. The predicted octanol–water partition coefficient (Wildman–Crippen LogP) is 4.97. The van der Waals surface area contributed by atoms with Gasteiger partial charge >= 0.3 is 12.0 Å². The largest absolute Gasteiger partial charge is 0.457 e. The van der Waals surface area contributed by atoms with Crippen molar-refractivity contribution in [3.05, 3.63) is 45.5 Å². The van der Waals surface area contributed by atoms with E-state index in [4.69, 9.17) is 4.74 Å². The third kappa shape index (κ3) is 3.57. The molecule has 1 aromatic rings. The zero-order chi connectivity index (χ0) is 20.6. The summed E-state index contributed by atoms with van der Waals surface area (Å²) in [5, 5.41) is 2.68. The van der Waals surface area contributed by atoms with Gasteiger partial charge in [0.1, 0.15) is 6.61 Å². The number of ether oxygens (including phenoxy) is 1. The van der Waals surface area contributed by atoms with Crippen LogP contribution in [-0.2, 0) is 22.6 Å². The molecule has 1 aliphatic heterocycles. The van der Waals surface area contributed by atoms with Crippen molar-refractivity contribution in [1.29, 1.82) is 0 Å². The number of hydrogen-bond donors (Lipinski definition) is 2. The normalized spacial score (nSPS) is 19.6. The summed E-state index contributed by atoms with van der Waals surface area (Å²) in [6.07, 6.45) is 1.49. The van der Waals surface area contributed by atoms with E-state index < -0.39 is 17.9 Å². The van der Waals surface area contributed by atoms with Crippen LogP contribution in [0.25, 0.3) is 5.83 Å². The van der Waals surface area contributed by atoms with Crippen LogP contribution in [0.1, 0.15) is 51.9 Å². The molecule has 4 nitrogen and oxygen atoms in total. The van der Waals surface area contributed by atoms with Crippen LogP contribution in [0.4, 0.5) is 18.9 Å². The van der Waals surface area contributed by atoms with E-state index in [0.717, 1.165) is 5.57 Å². The highest BCUT2D eigenvalue weighted by molar-refractivity contribution is 7.96. The summed E-state index contributed by atoms with van der Waals surface area (Å²) in [5.41, 5.74) is 2.30. The molecule has 28 heavy (non-hydrogen) atoms. The van der Waals surface area contributed by atoms with E-state index in [1.54, 1.807) is 7.05 Å². The second kappa shape index (κ2) is 8.03. The molecule has 1 saturated carbocycles. The van der Waals surface area contributed by atoms with Crippen LogP contribution in [0.2, 0.25) is 0 Å². The SMILES string of the molecule is CNc1c(CC=C2CCC(C(=O)S)C2)c(C(F)=C(F)F)c(C)c2c1C(=O)OC2. The Morgan fingerprint density at radius 3 is 2.64 bits per heavy atom. The summed E-state index contributed by atoms with van der Waals surface area (Å²) in [5.74, 6) is -2.32. The minimum atomic E-state index is -2.41. The lowest BCUT2D eigenvalue weighted by Crippen LogP contribution is -2.10. The van der Waals surface area contributed by atoms with Crippen molar-refractivity contribution in [3.8, 4) is 0 Å². The number of fused-ring (bicyclic) bond motifs is 1. The van der Waals surface area contributed by atoms with E-state index in [1.165, 1.54) is 6.92 Å². The summed E-state index contributed by atoms with van der Waals surface area (Å²) in [6.45, 7) is 1.44. The van der Waals surface area contributed by atoms with Gasteiger partial charge in [0.05, 0.1) is 11.3 Å². The standard InChI is InChI=1S/C20H20F3NO3S/c1-9-13-8-27-19(25)15(13)17(24-2)12(14(9)16(21)18(22)23)6-4-10-3-5-11(7-10)20(26)28/h4,11,24H,3,5-8H2,1-2H3,(H,26,28). The molecule has 1 unspecified atom stereocenters. The molecule has 1 aromatic carbocycles. The van der Waals surface area contributed by atoms with Gasteiger partial charge < -0.3 is 10.1 Å². The monoisotopic (exact) mass is 411 g/mol. The molecule has 0 radical (unpaired) electrons. The number of carbonyl (C=O) groups excluding carboxylic acids is 2. The number of allylic oxidation sites excluding steroid dienone is 2. The number of thiol groups is 1. The molecule has 0 aromatic heterocycles. The Labute approximate surface area is 166 Å². The van der Waals surface area contributed by atoms with Gasteiger partial charge in [-0.15, -0.1) is 12.6 Å². The number of benzene rings is 1. The van der Waals surface area contributed by atoms with Gasteiger partial charge in [-0.3, -0.25) is 4.79 Å². The Hall–Kier alpha value is -2.22. The molecule has 3 rings (SSSR count). The van der Waals surface area contributed by atoms with Gasteiger partial charge in [-0.1, -0.05) is 11.6 Å². The number of anilines is 1. The zero-order valence-electron chi connectivity index (χ0n) is 15.5. The first kappa shape index (κ1) is 20.5. The third-order valence-corrected chi connectivity index (χ3v) is 5.80. The lowest BCUT2D eigenvalue weighted by atomic mass is 9.88. The number of rotatable bonds is 5. The smallest absolute Gasteiger partial charge is 0.341 e. The van der Waals surface area contributed by atoms with Crippen molar-refractivity contribution < 1.29 is 27.5 Å². The number of hydrogen-bond acceptors (Lipinski definition) is 4. The fourth-order valence-electron chi connectivity index (χ4n) is 4.00. The quantitative estimate of drug-likeness (QED) is 0.408. The van der Waals surface area contributed by atoms with E-state index >= 15 is 0 Å². The predicted molar refractivity (Wildman–Crippen MR) is 103 cm³/mol. The zero-order valence-corrected chi connectivity index (χ0v) is 16.4.